The normalized spacial score (nSPS) is 18.6. The Morgan fingerprint density at radius 2 is 1.81 bits per heavy atom. The summed E-state index contributed by atoms with van der Waals surface area (Å²) in [5.41, 5.74) is -0.0823. The molecule has 2 nitrogen and oxygen atoms in total. The summed E-state index contributed by atoms with van der Waals surface area (Å²) in [6.07, 6.45) is 3.51. The number of carbonyl (C=O) groups excluding carboxylic acids is 1. The minimum Gasteiger partial charge on any atom is -0.382 e. The zero-order valence-corrected chi connectivity index (χ0v) is 10.7. The van der Waals surface area contributed by atoms with Crippen LogP contribution in [0.1, 0.15) is 31.2 Å². The van der Waals surface area contributed by atoms with Crippen molar-refractivity contribution in [3.63, 3.8) is 0 Å². The number of carbonyl (C=O) groups is 1. The lowest BCUT2D eigenvalue weighted by Crippen LogP contribution is -2.36. The molecule has 0 aromatic heterocycles. The van der Waals surface area contributed by atoms with Gasteiger partial charge in [-0.05, 0) is 43.4 Å². The molecule has 2 rings (SSSR count). The Balaban J connectivity index is 2.04. The predicted octanol–water partition coefficient (Wildman–Crippen LogP) is 2.87. The quantitative estimate of drug-likeness (QED) is 0.926. The summed E-state index contributed by atoms with van der Waals surface area (Å²) in [5.74, 6) is -0.0349. The van der Waals surface area contributed by atoms with Crippen molar-refractivity contribution < 1.29 is 9.90 Å². The molecule has 0 saturated heterocycles. The van der Waals surface area contributed by atoms with Crippen LogP contribution in [0.15, 0.2) is 28.7 Å². The SMILES string of the molecule is O=C(Cc1ccc(Br)cc1)C1(O)CCCC1. The van der Waals surface area contributed by atoms with E-state index in [1.807, 2.05) is 24.3 Å². The fraction of sp³-hybridized carbons (Fsp3) is 0.462. The monoisotopic (exact) mass is 282 g/mol. The van der Waals surface area contributed by atoms with E-state index in [4.69, 9.17) is 0 Å². The van der Waals surface area contributed by atoms with Crippen LogP contribution in [0.5, 0.6) is 0 Å². The minimum absolute atomic E-state index is 0.0349. The molecule has 1 N–H and O–H groups in total. The van der Waals surface area contributed by atoms with Gasteiger partial charge in [-0.1, -0.05) is 28.1 Å². The number of ketones is 1. The molecule has 86 valence electrons. The Hall–Kier alpha value is -0.670. The van der Waals surface area contributed by atoms with Gasteiger partial charge in [0.25, 0.3) is 0 Å². The van der Waals surface area contributed by atoms with Crippen molar-refractivity contribution in [1.29, 1.82) is 0 Å². The first kappa shape index (κ1) is 11.8. The van der Waals surface area contributed by atoms with E-state index >= 15 is 0 Å². The van der Waals surface area contributed by atoms with Gasteiger partial charge in [0.05, 0.1) is 0 Å². The number of hydrogen-bond acceptors (Lipinski definition) is 2. The van der Waals surface area contributed by atoms with Gasteiger partial charge in [0, 0.05) is 10.9 Å². The Bertz CT molecular complexity index is 377. The van der Waals surface area contributed by atoms with Crippen molar-refractivity contribution in [2.24, 2.45) is 0 Å². The van der Waals surface area contributed by atoms with Crippen LogP contribution in [0.4, 0.5) is 0 Å². The van der Waals surface area contributed by atoms with Crippen LogP contribution in [-0.4, -0.2) is 16.5 Å². The van der Waals surface area contributed by atoms with E-state index in [1.165, 1.54) is 0 Å². The van der Waals surface area contributed by atoms with Gasteiger partial charge < -0.3 is 5.11 Å². The van der Waals surface area contributed by atoms with Gasteiger partial charge in [-0.25, -0.2) is 0 Å². The van der Waals surface area contributed by atoms with Gasteiger partial charge in [-0.2, -0.15) is 0 Å². The van der Waals surface area contributed by atoms with E-state index in [0.717, 1.165) is 22.9 Å². The molecular formula is C13H15BrO2. The van der Waals surface area contributed by atoms with Crippen LogP contribution < -0.4 is 0 Å². The highest BCUT2D eigenvalue weighted by Gasteiger charge is 2.37. The standard InChI is InChI=1S/C13H15BrO2/c14-11-5-3-10(4-6-11)9-12(15)13(16)7-1-2-8-13/h3-6,16H,1-2,7-9H2. The predicted molar refractivity (Wildman–Crippen MR) is 66.3 cm³/mol. The molecule has 0 bridgehead atoms. The van der Waals surface area contributed by atoms with Crippen LogP contribution in [0.25, 0.3) is 0 Å². The number of halogens is 1. The maximum Gasteiger partial charge on any atom is 0.168 e. The zero-order chi connectivity index (χ0) is 11.6. The second-order valence-corrected chi connectivity index (χ2v) is 5.38. The topological polar surface area (TPSA) is 37.3 Å². The van der Waals surface area contributed by atoms with Crippen LogP contribution in [0, 0.1) is 0 Å². The molecule has 1 aromatic carbocycles. The summed E-state index contributed by atoms with van der Waals surface area (Å²) in [7, 11) is 0. The fourth-order valence-corrected chi connectivity index (χ4v) is 2.46. The molecule has 1 aliphatic carbocycles. The van der Waals surface area contributed by atoms with E-state index in [0.29, 0.717) is 19.3 Å². The molecule has 0 aliphatic heterocycles. The van der Waals surface area contributed by atoms with Crippen LogP contribution in [-0.2, 0) is 11.2 Å². The summed E-state index contributed by atoms with van der Waals surface area (Å²) >= 11 is 3.35. The summed E-state index contributed by atoms with van der Waals surface area (Å²) in [5, 5.41) is 10.1. The molecule has 0 heterocycles. The third kappa shape index (κ3) is 2.53. The number of rotatable bonds is 3. The average Bonchev–Trinajstić information content (AvgIpc) is 2.70. The molecule has 0 spiro atoms. The minimum atomic E-state index is -1.05. The van der Waals surface area contributed by atoms with E-state index in [1.54, 1.807) is 0 Å². The maximum absolute atomic E-state index is 12.0. The van der Waals surface area contributed by atoms with Crippen molar-refractivity contribution in [3.05, 3.63) is 34.3 Å². The van der Waals surface area contributed by atoms with Gasteiger partial charge in [-0.3, -0.25) is 4.79 Å². The third-order valence-corrected chi connectivity index (χ3v) is 3.76. The number of benzene rings is 1. The first-order chi connectivity index (χ1) is 7.60. The van der Waals surface area contributed by atoms with Crippen molar-refractivity contribution in [1.82, 2.24) is 0 Å². The van der Waals surface area contributed by atoms with Gasteiger partial charge >= 0.3 is 0 Å². The van der Waals surface area contributed by atoms with Crippen LogP contribution >= 0.6 is 15.9 Å². The molecule has 0 atom stereocenters. The van der Waals surface area contributed by atoms with E-state index in [-0.39, 0.29) is 5.78 Å². The summed E-state index contributed by atoms with van der Waals surface area (Å²) < 4.78 is 1.00. The molecule has 0 radical (unpaired) electrons. The lowest BCUT2D eigenvalue weighted by Gasteiger charge is -2.20. The second-order valence-electron chi connectivity index (χ2n) is 4.47. The zero-order valence-electron chi connectivity index (χ0n) is 9.08. The fourth-order valence-electron chi connectivity index (χ4n) is 2.19. The van der Waals surface area contributed by atoms with Gasteiger partial charge in [0.15, 0.2) is 5.78 Å². The van der Waals surface area contributed by atoms with Crippen molar-refractivity contribution >= 4 is 21.7 Å². The Morgan fingerprint density at radius 1 is 1.25 bits per heavy atom. The van der Waals surface area contributed by atoms with Gasteiger partial charge in [0.2, 0.25) is 0 Å². The lowest BCUT2D eigenvalue weighted by molar-refractivity contribution is -0.136. The van der Waals surface area contributed by atoms with Crippen LogP contribution in [0.3, 0.4) is 0 Å². The molecule has 3 heteroatoms. The number of aliphatic hydroxyl groups is 1. The smallest absolute Gasteiger partial charge is 0.168 e. The molecule has 16 heavy (non-hydrogen) atoms. The average molecular weight is 283 g/mol. The Kier molecular flexibility index (Phi) is 3.45. The van der Waals surface area contributed by atoms with Gasteiger partial charge in [-0.15, -0.1) is 0 Å². The molecule has 1 fully saturated rings. The highest BCUT2D eigenvalue weighted by Crippen LogP contribution is 2.31. The Labute approximate surface area is 104 Å². The van der Waals surface area contributed by atoms with E-state index in [9.17, 15) is 9.90 Å². The first-order valence-electron chi connectivity index (χ1n) is 5.60. The molecular weight excluding hydrogens is 268 g/mol. The summed E-state index contributed by atoms with van der Waals surface area (Å²) in [6, 6.07) is 7.67. The summed E-state index contributed by atoms with van der Waals surface area (Å²) in [4.78, 5) is 12.0. The second kappa shape index (κ2) is 4.68. The van der Waals surface area contributed by atoms with Gasteiger partial charge in [0.1, 0.15) is 5.60 Å². The molecule has 0 unspecified atom stereocenters. The Morgan fingerprint density at radius 3 is 2.38 bits per heavy atom. The van der Waals surface area contributed by atoms with Crippen molar-refractivity contribution in [2.75, 3.05) is 0 Å². The van der Waals surface area contributed by atoms with Crippen molar-refractivity contribution in [2.45, 2.75) is 37.7 Å². The number of Topliss-reactive ketones (excluding diaryl/α,β-unsaturated/α-hetero) is 1. The first-order valence-corrected chi connectivity index (χ1v) is 6.40. The summed E-state index contributed by atoms with van der Waals surface area (Å²) in [6.45, 7) is 0. The highest BCUT2D eigenvalue weighted by atomic mass is 79.9. The molecule has 1 aromatic rings. The van der Waals surface area contributed by atoms with Crippen molar-refractivity contribution in [3.8, 4) is 0 Å². The lowest BCUT2D eigenvalue weighted by atomic mass is 9.92. The van der Waals surface area contributed by atoms with Crippen LogP contribution in [0.2, 0.25) is 0 Å². The van der Waals surface area contributed by atoms with E-state index < -0.39 is 5.60 Å². The van der Waals surface area contributed by atoms with E-state index in [2.05, 4.69) is 15.9 Å². The maximum atomic E-state index is 12.0. The highest BCUT2D eigenvalue weighted by molar-refractivity contribution is 9.10. The third-order valence-electron chi connectivity index (χ3n) is 3.23. The largest absolute Gasteiger partial charge is 0.382 e. The molecule has 1 saturated carbocycles. The number of hydrogen-bond donors (Lipinski definition) is 1. The molecule has 0 amide bonds. The molecule has 1 aliphatic rings.